The van der Waals surface area contributed by atoms with E-state index >= 15 is 0 Å². The zero-order valence-electron chi connectivity index (χ0n) is 40.5. The lowest BCUT2D eigenvalue weighted by Crippen LogP contribution is -2.00. The van der Waals surface area contributed by atoms with Gasteiger partial charge in [0.1, 0.15) is 22.3 Å². The first-order valence-electron chi connectivity index (χ1n) is 25.7. The molecule has 74 heavy (non-hydrogen) atoms. The maximum Gasteiger partial charge on any atom is 0.136 e. The molecule has 346 valence electrons. The zero-order chi connectivity index (χ0) is 48.7. The Morgan fingerprint density at radius 3 is 1.23 bits per heavy atom. The van der Waals surface area contributed by atoms with Crippen molar-refractivity contribution in [3.8, 4) is 44.5 Å². The summed E-state index contributed by atoms with van der Waals surface area (Å²) in [6, 6.07) is 93.5. The normalized spacial score (nSPS) is 11.9. The molecular weight excluding hydrogens is 897 g/mol. The first kappa shape index (κ1) is 42.2. The fourth-order valence-electron chi connectivity index (χ4n) is 12.4. The molecule has 0 saturated heterocycles. The molecule has 2 nitrogen and oxygen atoms in total. The Labute approximate surface area is 428 Å². The molecule has 2 aromatic heterocycles. The largest absolute Gasteiger partial charge is 0.456 e. The molecule has 0 aliphatic carbocycles. The molecule has 0 N–H and O–H groups in total. The summed E-state index contributed by atoms with van der Waals surface area (Å²) in [6.07, 6.45) is 1.61. The zero-order valence-corrected chi connectivity index (χ0v) is 40.5. The molecular formula is C72H46O2. The lowest BCUT2D eigenvalue weighted by atomic mass is 9.80. The van der Waals surface area contributed by atoms with Crippen molar-refractivity contribution in [3.05, 3.63) is 277 Å². The highest BCUT2D eigenvalue weighted by Gasteiger charge is 2.24. The Morgan fingerprint density at radius 1 is 0.230 bits per heavy atom. The van der Waals surface area contributed by atoms with Crippen LogP contribution in [0, 0.1) is 0 Å². The van der Waals surface area contributed by atoms with Gasteiger partial charge >= 0.3 is 0 Å². The summed E-state index contributed by atoms with van der Waals surface area (Å²) in [5.74, 6) is 0. The van der Waals surface area contributed by atoms with Crippen LogP contribution >= 0.6 is 0 Å². The molecule has 15 aromatic rings. The van der Waals surface area contributed by atoms with Crippen molar-refractivity contribution in [3.63, 3.8) is 0 Å². The van der Waals surface area contributed by atoms with Crippen LogP contribution < -0.4 is 0 Å². The second kappa shape index (κ2) is 17.1. The number of benzene rings is 13. The maximum absolute atomic E-state index is 6.57. The summed E-state index contributed by atoms with van der Waals surface area (Å²) in [5.41, 5.74) is 18.4. The van der Waals surface area contributed by atoms with Gasteiger partial charge in [0.15, 0.2) is 0 Å². The van der Waals surface area contributed by atoms with Gasteiger partial charge in [-0.15, -0.1) is 0 Å². The van der Waals surface area contributed by atoms with E-state index in [1.807, 2.05) is 0 Å². The second-order valence-electron chi connectivity index (χ2n) is 19.8. The third kappa shape index (κ3) is 6.72. The molecule has 15 rings (SSSR count). The lowest BCUT2D eigenvalue weighted by molar-refractivity contribution is 0.669. The third-order valence-corrected chi connectivity index (χ3v) is 15.6. The van der Waals surface area contributed by atoms with E-state index in [0.29, 0.717) is 0 Å². The predicted octanol–water partition coefficient (Wildman–Crippen LogP) is 19.9. The molecule has 0 bridgehead atoms. The minimum absolute atomic E-state index is 0.790. The summed E-state index contributed by atoms with van der Waals surface area (Å²) in [4.78, 5) is 0. The van der Waals surface area contributed by atoms with Gasteiger partial charge in [-0.05, 0) is 142 Å². The number of hydrogen-bond acceptors (Lipinski definition) is 2. The van der Waals surface area contributed by atoms with Crippen molar-refractivity contribution in [2.24, 2.45) is 0 Å². The highest BCUT2D eigenvalue weighted by molar-refractivity contribution is 6.28. The minimum atomic E-state index is 0.790. The van der Waals surface area contributed by atoms with Crippen molar-refractivity contribution in [2.45, 2.75) is 12.8 Å². The smallest absolute Gasteiger partial charge is 0.136 e. The topological polar surface area (TPSA) is 26.3 Å². The molecule has 2 heteroatoms. The van der Waals surface area contributed by atoms with Crippen molar-refractivity contribution in [1.29, 1.82) is 0 Å². The van der Waals surface area contributed by atoms with Gasteiger partial charge in [-0.2, -0.15) is 0 Å². The number of para-hydroxylation sites is 2. The van der Waals surface area contributed by atoms with E-state index in [2.05, 4.69) is 255 Å². The molecule has 13 aromatic carbocycles. The van der Waals surface area contributed by atoms with Crippen molar-refractivity contribution >= 4 is 87.0 Å². The van der Waals surface area contributed by atoms with Crippen LogP contribution in [0.3, 0.4) is 0 Å². The monoisotopic (exact) mass is 942 g/mol. The van der Waals surface area contributed by atoms with Gasteiger partial charge in [-0.1, -0.05) is 224 Å². The Kier molecular flexibility index (Phi) is 9.74. The summed E-state index contributed by atoms with van der Waals surface area (Å²) in [5, 5.41) is 14.1. The number of rotatable bonds is 8. The summed E-state index contributed by atoms with van der Waals surface area (Å²) in [6.45, 7) is 0. The van der Waals surface area contributed by atoms with Crippen LogP contribution in [0.1, 0.15) is 22.3 Å². The average Bonchev–Trinajstić information content (AvgIpc) is 4.06. The fourth-order valence-corrected chi connectivity index (χ4v) is 12.4. The van der Waals surface area contributed by atoms with E-state index in [0.717, 1.165) is 56.7 Å². The highest BCUT2D eigenvalue weighted by atomic mass is 16.3. The van der Waals surface area contributed by atoms with E-state index in [1.165, 1.54) is 110 Å². The van der Waals surface area contributed by atoms with Crippen LogP contribution in [0.2, 0.25) is 0 Å². The van der Waals surface area contributed by atoms with E-state index < -0.39 is 0 Å². The summed E-state index contributed by atoms with van der Waals surface area (Å²) in [7, 11) is 0. The molecule has 0 saturated carbocycles. The number of furan rings is 2. The molecule has 2 heterocycles. The molecule has 0 radical (unpaired) electrons. The van der Waals surface area contributed by atoms with Crippen LogP contribution in [0.15, 0.2) is 264 Å². The van der Waals surface area contributed by atoms with Crippen LogP contribution in [-0.2, 0) is 12.8 Å². The lowest BCUT2D eigenvalue weighted by Gasteiger charge is -2.23. The molecule has 0 aliphatic heterocycles. The first-order chi connectivity index (χ1) is 36.7. The second-order valence-corrected chi connectivity index (χ2v) is 19.8. The number of hydrogen-bond donors (Lipinski definition) is 0. The van der Waals surface area contributed by atoms with Gasteiger partial charge in [0, 0.05) is 32.3 Å². The van der Waals surface area contributed by atoms with E-state index in [-0.39, 0.29) is 0 Å². The standard InChI is InChI=1S/C72H46O2/c1-3-18-45(19-4-1)42-49-22-7-8-26-51(49)67-50(43-46-20-5-2-6-21-46)25-15-35-60(67)70-56-33-16-29-52(54-31-13-23-47-38-40-65-71(68(47)54)58-27-9-11-36-63(58)73-65)61(56)44-62-53(30-17-34-57(62)70)55-32-14-24-48-39-41-66-72(69(48)55)59-28-10-12-37-64(59)74-66/h1-41,44H,42-43H2. The molecule has 0 unspecified atom stereocenters. The Bertz CT molecular complexity index is 4500. The average molecular weight is 943 g/mol. The Morgan fingerprint density at radius 2 is 0.649 bits per heavy atom. The van der Waals surface area contributed by atoms with Crippen LogP contribution in [0.25, 0.3) is 131 Å². The van der Waals surface area contributed by atoms with Crippen LogP contribution in [0.4, 0.5) is 0 Å². The van der Waals surface area contributed by atoms with E-state index in [1.54, 1.807) is 0 Å². The van der Waals surface area contributed by atoms with Crippen molar-refractivity contribution in [1.82, 2.24) is 0 Å². The van der Waals surface area contributed by atoms with Gasteiger partial charge in [-0.25, -0.2) is 0 Å². The Balaban J connectivity index is 1.09. The highest BCUT2D eigenvalue weighted by Crippen LogP contribution is 2.50. The quantitative estimate of drug-likeness (QED) is 0.142. The third-order valence-electron chi connectivity index (χ3n) is 15.6. The van der Waals surface area contributed by atoms with Gasteiger partial charge in [0.05, 0.1) is 0 Å². The van der Waals surface area contributed by atoms with Crippen LogP contribution in [0.5, 0.6) is 0 Å². The van der Waals surface area contributed by atoms with E-state index in [4.69, 9.17) is 8.83 Å². The SMILES string of the molecule is c1ccc(Cc2ccccc2-c2c(Cc3ccccc3)cccc2-c2c3cccc(-c4cccc5ccc6oc7ccccc7c6c45)c3cc3c(-c4cccc5ccc6oc7ccccc7c6c45)cccc23)cc1. The van der Waals surface area contributed by atoms with Gasteiger partial charge < -0.3 is 8.83 Å². The summed E-state index contributed by atoms with van der Waals surface area (Å²) < 4.78 is 13.1. The Hall–Kier alpha value is -9.50. The van der Waals surface area contributed by atoms with Gasteiger partial charge in [0.25, 0.3) is 0 Å². The molecule has 0 atom stereocenters. The van der Waals surface area contributed by atoms with Crippen molar-refractivity contribution < 1.29 is 8.83 Å². The fraction of sp³-hybridized carbons (Fsp3) is 0.0278. The molecule has 0 spiro atoms. The molecule has 0 amide bonds. The van der Waals surface area contributed by atoms with Gasteiger partial charge in [-0.3, -0.25) is 0 Å². The predicted molar refractivity (Wildman–Crippen MR) is 311 cm³/mol. The first-order valence-corrected chi connectivity index (χ1v) is 25.7. The minimum Gasteiger partial charge on any atom is -0.456 e. The van der Waals surface area contributed by atoms with Crippen molar-refractivity contribution in [2.75, 3.05) is 0 Å². The molecule has 0 aliphatic rings. The van der Waals surface area contributed by atoms with E-state index in [9.17, 15) is 0 Å². The summed E-state index contributed by atoms with van der Waals surface area (Å²) >= 11 is 0. The number of fused-ring (bicyclic) bond motifs is 12. The molecule has 0 fully saturated rings. The maximum atomic E-state index is 6.57. The van der Waals surface area contributed by atoms with Gasteiger partial charge in [0.2, 0.25) is 0 Å². The van der Waals surface area contributed by atoms with Crippen LogP contribution in [-0.4, -0.2) is 0 Å².